The first-order valence-electron chi connectivity index (χ1n) is 7.34. The van der Waals surface area contributed by atoms with Crippen LogP contribution < -0.4 is 10.1 Å². The Labute approximate surface area is 122 Å². The quantitative estimate of drug-likeness (QED) is 0.914. The van der Waals surface area contributed by atoms with E-state index in [1.165, 1.54) is 11.1 Å². The zero-order chi connectivity index (χ0) is 15.0. The van der Waals surface area contributed by atoms with Gasteiger partial charge in [-0.05, 0) is 47.7 Å². The Balaban J connectivity index is 2.22. The molecule has 0 aromatic heterocycles. The van der Waals surface area contributed by atoms with Crippen molar-refractivity contribution in [2.24, 2.45) is 0 Å². The van der Waals surface area contributed by atoms with Crippen molar-refractivity contribution in [3.8, 4) is 5.75 Å². The van der Waals surface area contributed by atoms with Gasteiger partial charge in [-0.3, -0.25) is 0 Å². The Hall–Kier alpha value is -1.06. The van der Waals surface area contributed by atoms with Crippen LogP contribution in [0.1, 0.15) is 45.2 Å². The second kappa shape index (κ2) is 5.38. The molecule has 0 saturated carbocycles. The van der Waals surface area contributed by atoms with E-state index < -0.39 is 0 Å². The largest absolute Gasteiger partial charge is 0.487 e. The van der Waals surface area contributed by atoms with E-state index in [4.69, 9.17) is 9.47 Å². The number of benzene rings is 1. The van der Waals surface area contributed by atoms with Crippen LogP contribution in [0.25, 0.3) is 0 Å². The van der Waals surface area contributed by atoms with Crippen molar-refractivity contribution in [2.75, 3.05) is 7.05 Å². The predicted molar refractivity (Wildman–Crippen MR) is 82.2 cm³/mol. The second-order valence-corrected chi connectivity index (χ2v) is 6.92. The van der Waals surface area contributed by atoms with Gasteiger partial charge in [-0.2, -0.15) is 0 Å². The maximum atomic E-state index is 6.30. The first-order chi connectivity index (χ1) is 9.23. The van der Waals surface area contributed by atoms with Crippen molar-refractivity contribution < 1.29 is 9.47 Å². The van der Waals surface area contributed by atoms with Crippen molar-refractivity contribution in [1.29, 1.82) is 0 Å². The number of hydrogen-bond acceptors (Lipinski definition) is 3. The molecule has 0 amide bonds. The highest BCUT2D eigenvalue weighted by molar-refractivity contribution is 5.37. The summed E-state index contributed by atoms with van der Waals surface area (Å²) in [6, 6.07) is 6.35. The topological polar surface area (TPSA) is 30.5 Å². The molecule has 1 aliphatic rings. The molecular formula is C17H27NO2. The summed E-state index contributed by atoms with van der Waals surface area (Å²) in [4.78, 5) is 0. The van der Waals surface area contributed by atoms with Gasteiger partial charge in [-0.25, -0.2) is 0 Å². The maximum absolute atomic E-state index is 6.30. The third kappa shape index (κ3) is 3.33. The molecule has 20 heavy (non-hydrogen) atoms. The van der Waals surface area contributed by atoms with E-state index in [2.05, 4.69) is 58.1 Å². The molecule has 1 fully saturated rings. The molecule has 1 aromatic carbocycles. The van der Waals surface area contributed by atoms with Crippen molar-refractivity contribution in [2.45, 2.75) is 64.9 Å². The Morgan fingerprint density at radius 2 is 2.00 bits per heavy atom. The van der Waals surface area contributed by atoms with Crippen molar-refractivity contribution in [3.05, 3.63) is 29.3 Å². The lowest BCUT2D eigenvalue weighted by Crippen LogP contribution is -2.37. The van der Waals surface area contributed by atoms with Gasteiger partial charge in [-0.15, -0.1) is 0 Å². The van der Waals surface area contributed by atoms with Gasteiger partial charge < -0.3 is 14.8 Å². The normalized spacial score (nSPS) is 23.8. The maximum Gasteiger partial charge on any atom is 0.130 e. The lowest BCUT2D eigenvalue weighted by atomic mass is 9.97. The first kappa shape index (κ1) is 15.3. The highest BCUT2D eigenvalue weighted by Crippen LogP contribution is 2.40. The average Bonchev–Trinajstić information content (AvgIpc) is 2.50. The van der Waals surface area contributed by atoms with Gasteiger partial charge in [0.2, 0.25) is 0 Å². The van der Waals surface area contributed by atoms with E-state index in [0.717, 1.165) is 18.7 Å². The molecule has 3 nitrogen and oxygen atoms in total. The molecule has 1 unspecified atom stereocenters. The lowest BCUT2D eigenvalue weighted by Gasteiger charge is -2.28. The molecule has 0 aliphatic carbocycles. The van der Waals surface area contributed by atoms with Gasteiger partial charge in [0.05, 0.1) is 5.60 Å². The highest BCUT2D eigenvalue weighted by Gasteiger charge is 2.47. The minimum atomic E-state index is -0.259. The van der Waals surface area contributed by atoms with Gasteiger partial charge in [0.15, 0.2) is 0 Å². The van der Waals surface area contributed by atoms with E-state index in [1.807, 2.05) is 7.05 Å². The number of aryl methyl sites for hydroxylation is 1. The molecule has 1 heterocycles. The van der Waals surface area contributed by atoms with E-state index in [-0.39, 0.29) is 17.3 Å². The number of nitrogens with one attached hydrogen (secondary N) is 1. The van der Waals surface area contributed by atoms with E-state index >= 15 is 0 Å². The molecule has 3 heteroatoms. The summed E-state index contributed by atoms with van der Waals surface area (Å²) in [5.74, 6) is 0.962. The summed E-state index contributed by atoms with van der Waals surface area (Å²) < 4.78 is 12.4. The fraction of sp³-hybridized carbons (Fsp3) is 0.647. The fourth-order valence-electron chi connectivity index (χ4n) is 3.00. The average molecular weight is 277 g/mol. The molecular weight excluding hydrogens is 250 g/mol. The smallest absolute Gasteiger partial charge is 0.130 e. The van der Waals surface area contributed by atoms with Crippen LogP contribution in [0.15, 0.2) is 18.2 Å². The summed E-state index contributed by atoms with van der Waals surface area (Å²) in [6.45, 7) is 11.4. The fourth-order valence-corrected chi connectivity index (χ4v) is 3.00. The standard InChI is InChI=1S/C17H27NO2/c1-12-7-8-14(13(9-12)11-18-6)19-15-10-16(2,3)20-17(15,4)5/h7-9,15,18H,10-11H2,1-6H3. The van der Waals surface area contributed by atoms with Gasteiger partial charge in [-0.1, -0.05) is 17.7 Å². The summed E-state index contributed by atoms with van der Waals surface area (Å²) in [5.41, 5.74) is 2.07. The molecule has 2 rings (SSSR count). The van der Waals surface area contributed by atoms with Crippen LogP contribution in [-0.2, 0) is 11.3 Å². The molecule has 1 atom stereocenters. The van der Waals surface area contributed by atoms with Crippen molar-refractivity contribution in [3.63, 3.8) is 0 Å². The molecule has 0 radical (unpaired) electrons. The molecule has 1 saturated heterocycles. The van der Waals surface area contributed by atoms with Crippen LogP contribution in [0.2, 0.25) is 0 Å². The van der Waals surface area contributed by atoms with Crippen LogP contribution in [-0.4, -0.2) is 24.4 Å². The monoisotopic (exact) mass is 277 g/mol. The van der Waals surface area contributed by atoms with Gasteiger partial charge >= 0.3 is 0 Å². The number of rotatable bonds is 4. The van der Waals surface area contributed by atoms with Gasteiger partial charge in [0, 0.05) is 18.5 Å². The SMILES string of the molecule is CNCc1cc(C)ccc1OC1CC(C)(C)OC1(C)C. The number of hydrogen-bond donors (Lipinski definition) is 1. The van der Waals surface area contributed by atoms with Crippen molar-refractivity contribution >= 4 is 0 Å². The minimum Gasteiger partial charge on any atom is -0.487 e. The summed E-state index contributed by atoms with van der Waals surface area (Å²) in [6.07, 6.45) is 0.989. The molecule has 1 aliphatic heterocycles. The zero-order valence-electron chi connectivity index (χ0n) is 13.5. The summed E-state index contributed by atoms with van der Waals surface area (Å²) in [5, 5.41) is 3.20. The summed E-state index contributed by atoms with van der Waals surface area (Å²) in [7, 11) is 1.96. The minimum absolute atomic E-state index is 0.0795. The Morgan fingerprint density at radius 3 is 2.55 bits per heavy atom. The predicted octanol–water partition coefficient (Wildman–Crippen LogP) is 3.44. The Morgan fingerprint density at radius 1 is 1.30 bits per heavy atom. The van der Waals surface area contributed by atoms with E-state index in [1.54, 1.807) is 0 Å². The van der Waals surface area contributed by atoms with Gasteiger partial charge in [0.1, 0.15) is 17.5 Å². The van der Waals surface area contributed by atoms with Gasteiger partial charge in [0.25, 0.3) is 0 Å². The lowest BCUT2D eigenvalue weighted by molar-refractivity contribution is -0.0846. The van der Waals surface area contributed by atoms with Crippen LogP contribution in [0.3, 0.4) is 0 Å². The molecule has 112 valence electrons. The van der Waals surface area contributed by atoms with Crippen LogP contribution in [0.5, 0.6) is 5.75 Å². The first-order valence-corrected chi connectivity index (χ1v) is 7.34. The van der Waals surface area contributed by atoms with Crippen LogP contribution >= 0.6 is 0 Å². The van der Waals surface area contributed by atoms with Crippen LogP contribution in [0, 0.1) is 6.92 Å². The highest BCUT2D eigenvalue weighted by atomic mass is 16.6. The van der Waals surface area contributed by atoms with E-state index in [9.17, 15) is 0 Å². The summed E-state index contributed by atoms with van der Waals surface area (Å²) >= 11 is 0. The number of ether oxygens (including phenoxy) is 2. The molecule has 0 bridgehead atoms. The molecule has 0 spiro atoms. The Bertz CT molecular complexity index is 480. The Kier molecular flexibility index (Phi) is 4.12. The third-order valence-corrected chi connectivity index (χ3v) is 3.84. The zero-order valence-corrected chi connectivity index (χ0v) is 13.5. The molecule has 1 aromatic rings. The molecule has 1 N–H and O–H groups in total. The second-order valence-electron chi connectivity index (χ2n) is 6.92. The third-order valence-electron chi connectivity index (χ3n) is 3.84. The van der Waals surface area contributed by atoms with Crippen molar-refractivity contribution in [1.82, 2.24) is 5.32 Å². The van der Waals surface area contributed by atoms with Crippen LogP contribution in [0.4, 0.5) is 0 Å². The van der Waals surface area contributed by atoms with E-state index in [0.29, 0.717) is 0 Å².